The van der Waals surface area contributed by atoms with Crippen molar-refractivity contribution in [2.75, 3.05) is 0 Å². The third-order valence-corrected chi connectivity index (χ3v) is 4.05. The number of rotatable bonds is 3. The molecule has 1 heterocycles. The fraction of sp³-hybridized carbons (Fsp3) is 0.722. The lowest BCUT2D eigenvalue weighted by Gasteiger charge is -2.40. The van der Waals surface area contributed by atoms with Crippen LogP contribution in [-0.4, -0.2) is 16.6 Å². The van der Waals surface area contributed by atoms with Crippen LogP contribution in [0.5, 0.6) is 0 Å². The Bertz CT molecular complexity index is 445. The summed E-state index contributed by atoms with van der Waals surface area (Å²) in [6.45, 7) is 13.5. The highest BCUT2D eigenvalue weighted by Gasteiger charge is 2.31. The first kappa shape index (κ1) is 15.5. The average Bonchev–Trinajstić information content (AvgIpc) is 2.23. The van der Waals surface area contributed by atoms with Crippen molar-refractivity contribution in [1.82, 2.24) is 10.3 Å². The molecule has 0 atom stereocenters. The summed E-state index contributed by atoms with van der Waals surface area (Å²) >= 11 is 0. The largest absolute Gasteiger partial charge is 0.309 e. The van der Waals surface area contributed by atoms with Crippen LogP contribution in [0.1, 0.15) is 65.6 Å². The highest BCUT2D eigenvalue weighted by atomic mass is 15.0. The zero-order chi connectivity index (χ0) is 15.0. The summed E-state index contributed by atoms with van der Waals surface area (Å²) < 4.78 is 0. The number of hydrogen-bond acceptors (Lipinski definition) is 2. The van der Waals surface area contributed by atoms with Crippen molar-refractivity contribution in [3.8, 4) is 0 Å². The van der Waals surface area contributed by atoms with Crippen LogP contribution in [0.2, 0.25) is 0 Å². The van der Waals surface area contributed by atoms with Crippen LogP contribution in [0.3, 0.4) is 0 Å². The monoisotopic (exact) mass is 274 g/mol. The molecular formula is C18H30N2. The van der Waals surface area contributed by atoms with E-state index in [0.717, 1.165) is 12.3 Å². The van der Waals surface area contributed by atoms with E-state index >= 15 is 0 Å². The van der Waals surface area contributed by atoms with Gasteiger partial charge in [-0.2, -0.15) is 0 Å². The Morgan fingerprint density at radius 1 is 1.15 bits per heavy atom. The molecule has 0 unspecified atom stereocenters. The minimum atomic E-state index is 0.216. The SMILES string of the molecule is CC(C)(C)NC1CC(Cc2cc(C(C)(C)C)ccn2)C1. The van der Waals surface area contributed by atoms with Gasteiger partial charge in [-0.3, -0.25) is 4.98 Å². The molecular weight excluding hydrogens is 244 g/mol. The van der Waals surface area contributed by atoms with Crippen LogP contribution in [0.25, 0.3) is 0 Å². The number of nitrogens with zero attached hydrogens (tertiary/aromatic N) is 1. The van der Waals surface area contributed by atoms with Gasteiger partial charge in [-0.25, -0.2) is 0 Å². The zero-order valence-corrected chi connectivity index (χ0v) is 14.0. The number of nitrogens with one attached hydrogen (secondary N) is 1. The van der Waals surface area contributed by atoms with Crippen LogP contribution in [0.15, 0.2) is 18.3 Å². The third-order valence-electron chi connectivity index (χ3n) is 4.05. The quantitative estimate of drug-likeness (QED) is 0.898. The van der Waals surface area contributed by atoms with E-state index in [1.165, 1.54) is 24.1 Å². The molecule has 0 aliphatic heterocycles. The summed E-state index contributed by atoms with van der Waals surface area (Å²) in [5, 5.41) is 3.69. The molecule has 1 fully saturated rings. The lowest BCUT2D eigenvalue weighted by molar-refractivity contribution is 0.184. The van der Waals surface area contributed by atoms with Crippen molar-refractivity contribution in [2.45, 2.75) is 77.8 Å². The average molecular weight is 274 g/mol. The van der Waals surface area contributed by atoms with Gasteiger partial charge in [0, 0.05) is 23.5 Å². The molecule has 1 N–H and O–H groups in total. The molecule has 0 radical (unpaired) electrons. The molecule has 0 amide bonds. The fourth-order valence-electron chi connectivity index (χ4n) is 2.98. The van der Waals surface area contributed by atoms with Crippen LogP contribution in [0.4, 0.5) is 0 Å². The molecule has 20 heavy (non-hydrogen) atoms. The van der Waals surface area contributed by atoms with Gasteiger partial charge in [0.25, 0.3) is 0 Å². The molecule has 0 aromatic carbocycles. The lowest BCUT2D eigenvalue weighted by atomic mass is 9.76. The molecule has 1 aliphatic carbocycles. The predicted octanol–water partition coefficient (Wildman–Crippen LogP) is 4.09. The van der Waals surface area contributed by atoms with Crippen LogP contribution < -0.4 is 5.32 Å². The van der Waals surface area contributed by atoms with Crippen molar-refractivity contribution in [2.24, 2.45) is 5.92 Å². The molecule has 0 bridgehead atoms. The standard InChI is InChI=1S/C18H30N2/c1-17(2,3)14-7-8-19-15(12-14)9-13-10-16(11-13)20-18(4,5)6/h7-8,12-13,16,20H,9-11H2,1-6H3. The summed E-state index contributed by atoms with van der Waals surface area (Å²) in [5.74, 6) is 0.803. The van der Waals surface area contributed by atoms with Crippen molar-refractivity contribution < 1.29 is 0 Å². The van der Waals surface area contributed by atoms with Crippen molar-refractivity contribution >= 4 is 0 Å². The number of aromatic nitrogens is 1. The van der Waals surface area contributed by atoms with Gasteiger partial charge in [0.2, 0.25) is 0 Å². The number of pyridine rings is 1. The molecule has 2 rings (SSSR count). The zero-order valence-electron chi connectivity index (χ0n) is 14.0. The van der Waals surface area contributed by atoms with Crippen LogP contribution in [-0.2, 0) is 11.8 Å². The summed E-state index contributed by atoms with van der Waals surface area (Å²) in [6.07, 6.45) is 5.68. The van der Waals surface area contributed by atoms with Crippen molar-refractivity contribution in [3.63, 3.8) is 0 Å². The summed E-state index contributed by atoms with van der Waals surface area (Å²) in [4.78, 5) is 4.55. The smallest absolute Gasteiger partial charge is 0.0409 e. The van der Waals surface area contributed by atoms with Gasteiger partial charge in [-0.1, -0.05) is 20.8 Å². The van der Waals surface area contributed by atoms with Gasteiger partial charge in [0.1, 0.15) is 0 Å². The molecule has 2 nitrogen and oxygen atoms in total. The maximum Gasteiger partial charge on any atom is 0.0409 e. The maximum atomic E-state index is 4.55. The second-order valence-corrected chi connectivity index (χ2v) is 8.42. The second kappa shape index (κ2) is 5.48. The van der Waals surface area contributed by atoms with Gasteiger partial charge in [-0.15, -0.1) is 0 Å². The molecule has 112 valence electrons. The molecule has 2 heteroatoms. The van der Waals surface area contributed by atoms with E-state index < -0.39 is 0 Å². The van der Waals surface area contributed by atoms with E-state index in [-0.39, 0.29) is 11.0 Å². The Balaban J connectivity index is 1.87. The molecule has 1 aromatic rings. The highest BCUT2D eigenvalue weighted by molar-refractivity contribution is 5.24. The Kier molecular flexibility index (Phi) is 4.24. The molecule has 0 saturated heterocycles. The first-order valence-electron chi connectivity index (χ1n) is 7.86. The topological polar surface area (TPSA) is 24.9 Å². The van der Waals surface area contributed by atoms with Crippen LogP contribution >= 0.6 is 0 Å². The van der Waals surface area contributed by atoms with E-state index in [1.54, 1.807) is 0 Å². The Hall–Kier alpha value is -0.890. The molecule has 1 saturated carbocycles. The van der Waals surface area contributed by atoms with Gasteiger partial charge < -0.3 is 5.32 Å². The van der Waals surface area contributed by atoms with E-state index in [4.69, 9.17) is 0 Å². The molecule has 1 aromatic heterocycles. The minimum absolute atomic E-state index is 0.216. The summed E-state index contributed by atoms with van der Waals surface area (Å²) in [7, 11) is 0. The third kappa shape index (κ3) is 4.31. The second-order valence-electron chi connectivity index (χ2n) is 8.42. The van der Waals surface area contributed by atoms with Gasteiger partial charge >= 0.3 is 0 Å². The van der Waals surface area contributed by atoms with E-state index in [1.807, 2.05) is 6.20 Å². The summed E-state index contributed by atoms with van der Waals surface area (Å²) in [5.41, 5.74) is 3.11. The van der Waals surface area contributed by atoms with Gasteiger partial charge in [0.05, 0.1) is 0 Å². The Labute approximate surface area is 124 Å². The van der Waals surface area contributed by atoms with E-state index in [2.05, 4.69) is 64.0 Å². The summed E-state index contributed by atoms with van der Waals surface area (Å²) in [6, 6.07) is 5.14. The van der Waals surface area contributed by atoms with Gasteiger partial charge in [-0.05, 0) is 69.1 Å². The maximum absolute atomic E-state index is 4.55. The number of hydrogen-bond donors (Lipinski definition) is 1. The first-order valence-corrected chi connectivity index (χ1v) is 7.86. The minimum Gasteiger partial charge on any atom is -0.309 e. The fourth-order valence-corrected chi connectivity index (χ4v) is 2.98. The Morgan fingerprint density at radius 3 is 2.35 bits per heavy atom. The molecule has 1 aliphatic rings. The molecule has 0 spiro atoms. The van der Waals surface area contributed by atoms with Crippen molar-refractivity contribution in [1.29, 1.82) is 0 Å². The Morgan fingerprint density at radius 2 is 1.80 bits per heavy atom. The van der Waals surface area contributed by atoms with Crippen molar-refractivity contribution in [3.05, 3.63) is 29.6 Å². The predicted molar refractivity (Wildman–Crippen MR) is 86.0 cm³/mol. The van der Waals surface area contributed by atoms with Gasteiger partial charge in [0.15, 0.2) is 0 Å². The lowest BCUT2D eigenvalue weighted by Crippen LogP contribution is -2.50. The van der Waals surface area contributed by atoms with Crippen LogP contribution in [0, 0.1) is 5.92 Å². The van der Waals surface area contributed by atoms with E-state index in [0.29, 0.717) is 6.04 Å². The normalized spacial score (nSPS) is 23.5. The first-order chi connectivity index (χ1) is 9.13. The van der Waals surface area contributed by atoms with E-state index in [9.17, 15) is 0 Å². The highest BCUT2D eigenvalue weighted by Crippen LogP contribution is 2.32.